The van der Waals surface area contributed by atoms with Gasteiger partial charge in [-0.25, -0.2) is 0 Å². The maximum absolute atomic E-state index is 9.39. The topological polar surface area (TPSA) is 55.5 Å². The number of ether oxygens (including phenoxy) is 1. The van der Waals surface area contributed by atoms with E-state index < -0.39 is 12.1 Å². The number of aliphatic hydroxyl groups is 1. The van der Waals surface area contributed by atoms with Gasteiger partial charge in [0.2, 0.25) is 0 Å². The zero-order valence-corrected chi connectivity index (χ0v) is 9.83. The van der Waals surface area contributed by atoms with E-state index in [1.807, 2.05) is 31.2 Å². The van der Waals surface area contributed by atoms with Crippen LogP contribution in [0.15, 0.2) is 24.3 Å². The molecule has 0 aliphatic rings. The molecule has 0 radical (unpaired) electrons. The Kier molecular flexibility index (Phi) is 6.32. The van der Waals surface area contributed by atoms with Crippen molar-refractivity contribution >= 4 is 12.4 Å². The number of hydrogen-bond donors (Lipinski definition) is 2. The zero-order chi connectivity index (χ0) is 10.6. The predicted molar refractivity (Wildman–Crippen MR) is 63.5 cm³/mol. The first kappa shape index (κ1) is 14.2. The van der Waals surface area contributed by atoms with Gasteiger partial charge in [0.1, 0.15) is 5.75 Å². The molecular formula is C11H18ClNO2. The maximum Gasteiger partial charge on any atom is 0.124 e. The molecule has 15 heavy (non-hydrogen) atoms. The van der Waals surface area contributed by atoms with Gasteiger partial charge >= 0.3 is 0 Å². The van der Waals surface area contributed by atoms with Gasteiger partial charge in [0, 0.05) is 5.56 Å². The van der Waals surface area contributed by atoms with Crippen molar-refractivity contribution in [2.24, 2.45) is 5.73 Å². The van der Waals surface area contributed by atoms with E-state index in [2.05, 4.69) is 0 Å². The Balaban J connectivity index is 0.00000196. The molecule has 1 rings (SSSR count). The van der Waals surface area contributed by atoms with Crippen LogP contribution >= 0.6 is 12.4 Å². The average Bonchev–Trinajstić information content (AvgIpc) is 2.18. The van der Waals surface area contributed by atoms with Crippen LogP contribution in [0.5, 0.6) is 5.75 Å². The molecule has 0 saturated heterocycles. The molecule has 0 aliphatic heterocycles. The van der Waals surface area contributed by atoms with Gasteiger partial charge in [0.25, 0.3) is 0 Å². The van der Waals surface area contributed by atoms with E-state index in [4.69, 9.17) is 10.5 Å². The first-order chi connectivity index (χ1) is 6.66. The molecule has 0 aromatic heterocycles. The van der Waals surface area contributed by atoms with Crippen molar-refractivity contribution in [3.63, 3.8) is 0 Å². The molecular weight excluding hydrogens is 214 g/mol. The average molecular weight is 232 g/mol. The molecule has 0 unspecified atom stereocenters. The highest BCUT2D eigenvalue weighted by Crippen LogP contribution is 2.25. The van der Waals surface area contributed by atoms with Crippen LogP contribution in [0.25, 0.3) is 0 Å². The van der Waals surface area contributed by atoms with Crippen molar-refractivity contribution in [3.8, 4) is 5.75 Å². The largest absolute Gasteiger partial charge is 0.494 e. The van der Waals surface area contributed by atoms with E-state index in [0.29, 0.717) is 6.61 Å². The van der Waals surface area contributed by atoms with Crippen LogP contribution in [0, 0.1) is 0 Å². The summed E-state index contributed by atoms with van der Waals surface area (Å²) in [5, 5.41) is 9.39. The number of halogens is 1. The standard InChI is InChI=1S/C11H17NO2.ClH/c1-3-14-10-7-5-4-6-9(10)11(12)8(2)13;/h4-8,11,13H,3,12H2,1-2H3;1H/t8-,11-;/m0./s1. The lowest BCUT2D eigenvalue weighted by atomic mass is 10.0. The number of nitrogens with two attached hydrogens (primary N) is 1. The Labute approximate surface area is 96.7 Å². The number of aliphatic hydroxyl groups excluding tert-OH is 1. The van der Waals surface area contributed by atoms with Crippen LogP contribution in [0.3, 0.4) is 0 Å². The Morgan fingerprint density at radius 2 is 2.00 bits per heavy atom. The van der Waals surface area contributed by atoms with E-state index in [1.165, 1.54) is 0 Å². The molecule has 0 spiro atoms. The fraction of sp³-hybridized carbons (Fsp3) is 0.455. The SMILES string of the molecule is CCOc1ccccc1[C@@H](N)[C@H](C)O.Cl. The van der Waals surface area contributed by atoms with Gasteiger partial charge in [0.05, 0.1) is 18.8 Å². The van der Waals surface area contributed by atoms with Crippen LogP contribution in [0.1, 0.15) is 25.5 Å². The van der Waals surface area contributed by atoms with Crippen molar-refractivity contribution in [2.45, 2.75) is 26.0 Å². The van der Waals surface area contributed by atoms with Crippen molar-refractivity contribution in [1.29, 1.82) is 0 Å². The minimum Gasteiger partial charge on any atom is -0.494 e. The Hall–Kier alpha value is -0.770. The van der Waals surface area contributed by atoms with Crippen LogP contribution < -0.4 is 10.5 Å². The molecule has 86 valence electrons. The summed E-state index contributed by atoms with van der Waals surface area (Å²) in [6, 6.07) is 7.13. The summed E-state index contributed by atoms with van der Waals surface area (Å²) >= 11 is 0. The summed E-state index contributed by atoms with van der Waals surface area (Å²) in [6.07, 6.45) is -0.573. The van der Waals surface area contributed by atoms with Gasteiger partial charge < -0.3 is 15.6 Å². The quantitative estimate of drug-likeness (QED) is 0.832. The molecule has 0 bridgehead atoms. The molecule has 0 fully saturated rings. The highest BCUT2D eigenvalue weighted by Gasteiger charge is 2.15. The normalized spacial score (nSPS) is 13.9. The summed E-state index contributed by atoms with van der Waals surface area (Å²) < 4.78 is 5.42. The van der Waals surface area contributed by atoms with Crippen LogP contribution in [0.2, 0.25) is 0 Å². The molecule has 0 saturated carbocycles. The lowest BCUT2D eigenvalue weighted by Gasteiger charge is -2.18. The lowest BCUT2D eigenvalue weighted by Crippen LogP contribution is -2.23. The van der Waals surface area contributed by atoms with Crippen molar-refractivity contribution in [2.75, 3.05) is 6.61 Å². The molecule has 0 amide bonds. The number of para-hydroxylation sites is 1. The number of benzene rings is 1. The van der Waals surface area contributed by atoms with E-state index in [1.54, 1.807) is 6.92 Å². The molecule has 0 aliphatic carbocycles. The smallest absolute Gasteiger partial charge is 0.124 e. The number of hydrogen-bond acceptors (Lipinski definition) is 3. The van der Waals surface area contributed by atoms with Crippen molar-refractivity contribution in [1.82, 2.24) is 0 Å². The molecule has 2 atom stereocenters. The van der Waals surface area contributed by atoms with Gasteiger partial charge in [-0.15, -0.1) is 12.4 Å². The van der Waals surface area contributed by atoms with Gasteiger partial charge in [-0.2, -0.15) is 0 Å². The van der Waals surface area contributed by atoms with Crippen molar-refractivity contribution < 1.29 is 9.84 Å². The molecule has 1 aromatic carbocycles. The van der Waals surface area contributed by atoms with Crippen LogP contribution in [-0.2, 0) is 0 Å². The van der Waals surface area contributed by atoms with Gasteiger partial charge in [-0.1, -0.05) is 18.2 Å². The summed E-state index contributed by atoms with van der Waals surface area (Å²) in [5.74, 6) is 0.753. The predicted octanol–water partition coefficient (Wildman–Crippen LogP) is 1.89. The van der Waals surface area contributed by atoms with Gasteiger partial charge in [0.15, 0.2) is 0 Å². The minimum absolute atomic E-state index is 0. The second-order valence-electron chi connectivity index (χ2n) is 3.24. The van der Waals surface area contributed by atoms with E-state index >= 15 is 0 Å². The maximum atomic E-state index is 9.39. The number of rotatable bonds is 4. The van der Waals surface area contributed by atoms with Crippen molar-refractivity contribution in [3.05, 3.63) is 29.8 Å². The summed E-state index contributed by atoms with van der Waals surface area (Å²) in [7, 11) is 0. The highest BCUT2D eigenvalue weighted by molar-refractivity contribution is 5.85. The zero-order valence-electron chi connectivity index (χ0n) is 9.01. The lowest BCUT2D eigenvalue weighted by molar-refractivity contribution is 0.162. The first-order valence-electron chi connectivity index (χ1n) is 4.82. The first-order valence-corrected chi connectivity index (χ1v) is 4.82. The molecule has 4 heteroatoms. The second-order valence-corrected chi connectivity index (χ2v) is 3.24. The van der Waals surface area contributed by atoms with Gasteiger partial charge in [-0.3, -0.25) is 0 Å². The minimum atomic E-state index is -0.573. The fourth-order valence-corrected chi connectivity index (χ4v) is 1.30. The molecule has 0 heterocycles. The van der Waals surface area contributed by atoms with E-state index in [0.717, 1.165) is 11.3 Å². The molecule has 3 N–H and O–H groups in total. The Bertz CT molecular complexity index is 292. The summed E-state index contributed by atoms with van der Waals surface area (Å²) in [4.78, 5) is 0. The third-order valence-electron chi connectivity index (χ3n) is 2.10. The second kappa shape index (κ2) is 6.67. The van der Waals surface area contributed by atoms with E-state index in [-0.39, 0.29) is 12.4 Å². The summed E-state index contributed by atoms with van der Waals surface area (Å²) in [6.45, 7) is 4.20. The monoisotopic (exact) mass is 231 g/mol. The fourth-order valence-electron chi connectivity index (χ4n) is 1.30. The van der Waals surface area contributed by atoms with Crippen LogP contribution in [-0.4, -0.2) is 17.8 Å². The third-order valence-corrected chi connectivity index (χ3v) is 2.10. The molecule has 1 aromatic rings. The Morgan fingerprint density at radius 1 is 1.40 bits per heavy atom. The van der Waals surface area contributed by atoms with Crippen LogP contribution in [0.4, 0.5) is 0 Å². The third kappa shape index (κ3) is 3.70. The van der Waals surface area contributed by atoms with Gasteiger partial charge in [-0.05, 0) is 19.9 Å². The summed E-state index contributed by atoms with van der Waals surface area (Å²) in [5.41, 5.74) is 6.69. The Morgan fingerprint density at radius 3 is 2.53 bits per heavy atom. The van der Waals surface area contributed by atoms with E-state index in [9.17, 15) is 5.11 Å². The highest BCUT2D eigenvalue weighted by atomic mass is 35.5. The molecule has 3 nitrogen and oxygen atoms in total.